The molecule has 0 spiro atoms. The first-order chi connectivity index (χ1) is 13.7. The first-order valence-electron chi connectivity index (χ1n) is 9.22. The van der Waals surface area contributed by atoms with Gasteiger partial charge in [0, 0.05) is 16.5 Å². The average molecular weight is 476 g/mol. The van der Waals surface area contributed by atoms with Gasteiger partial charge in [0.1, 0.15) is 17.3 Å². The molecule has 1 heterocycles. The second-order valence-corrected chi connectivity index (χ2v) is 10.1. The fraction of sp³-hybridized carbons (Fsp3) is 0.273. The van der Waals surface area contributed by atoms with Crippen molar-refractivity contribution in [3.05, 3.63) is 75.6 Å². The normalized spacial score (nSPS) is 11.6. The second-order valence-electron chi connectivity index (χ2n) is 7.09. The Morgan fingerprint density at radius 2 is 1.83 bits per heavy atom. The van der Waals surface area contributed by atoms with Crippen molar-refractivity contribution >= 4 is 31.6 Å². The standard InChI is InChI=1S/C22H22BrNO4S/c1-15-6-9-18(10-7-15)22-24-21(16(2)28-22)14-29(26,27)13-20(25)11-8-17-4-3-5-19(23)12-17/h3-7,9-10,12H,8,11,13-14H2,1-2H3. The third kappa shape index (κ3) is 6.11. The molecule has 1 aromatic heterocycles. The number of hydrogen-bond acceptors (Lipinski definition) is 5. The molecule has 0 saturated carbocycles. The zero-order valence-electron chi connectivity index (χ0n) is 16.3. The van der Waals surface area contributed by atoms with Crippen LogP contribution in [-0.2, 0) is 26.8 Å². The lowest BCUT2D eigenvalue weighted by Gasteiger charge is -2.04. The molecule has 0 bridgehead atoms. The number of hydrogen-bond donors (Lipinski definition) is 0. The fourth-order valence-corrected chi connectivity index (χ4v) is 4.80. The minimum Gasteiger partial charge on any atom is -0.441 e. The van der Waals surface area contributed by atoms with Crippen LogP contribution in [0.2, 0.25) is 0 Å². The Labute approximate surface area is 179 Å². The summed E-state index contributed by atoms with van der Waals surface area (Å²) in [6.45, 7) is 3.67. The Morgan fingerprint density at radius 1 is 1.10 bits per heavy atom. The summed E-state index contributed by atoms with van der Waals surface area (Å²) in [5, 5.41) is 0. The van der Waals surface area contributed by atoms with Gasteiger partial charge in [-0.15, -0.1) is 0 Å². The van der Waals surface area contributed by atoms with Gasteiger partial charge < -0.3 is 4.42 Å². The van der Waals surface area contributed by atoms with Crippen LogP contribution in [0, 0.1) is 13.8 Å². The largest absolute Gasteiger partial charge is 0.441 e. The Balaban J connectivity index is 1.63. The Morgan fingerprint density at radius 3 is 2.52 bits per heavy atom. The molecule has 29 heavy (non-hydrogen) atoms. The van der Waals surface area contributed by atoms with Crippen molar-refractivity contribution in [2.24, 2.45) is 0 Å². The van der Waals surface area contributed by atoms with E-state index < -0.39 is 15.6 Å². The van der Waals surface area contributed by atoms with Crippen LogP contribution < -0.4 is 0 Å². The summed E-state index contributed by atoms with van der Waals surface area (Å²) in [7, 11) is -3.63. The van der Waals surface area contributed by atoms with Crippen molar-refractivity contribution < 1.29 is 17.6 Å². The minimum absolute atomic E-state index is 0.183. The SMILES string of the molecule is Cc1ccc(-c2nc(CS(=O)(=O)CC(=O)CCc3cccc(Br)c3)c(C)o2)cc1. The van der Waals surface area contributed by atoms with Gasteiger partial charge in [0.2, 0.25) is 5.89 Å². The van der Waals surface area contributed by atoms with Crippen molar-refractivity contribution in [1.82, 2.24) is 4.98 Å². The number of carbonyl (C=O) groups is 1. The number of benzene rings is 2. The highest BCUT2D eigenvalue weighted by Gasteiger charge is 2.22. The zero-order chi connectivity index (χ0) is 21.0. The molecule has 3 rings (SSSR count). The molecule has 0 amide bonds. The monoisotopic (exact) mass is 475 g/mol. The van der Waals surface area contributed by atoms with Crippen LogP contribution in [-0.4, -0.2) is 24.9 Å². The topological polar surface area (TPSA) is 77.2 Å². The van der Waals surface area contributed by atoms with Crippen LogP contribution in [0.15, 0.2) is 57.4 Å². The molecule has 0 radical (unpaired) electrons. The maximum atomic E-state index is 12.5. The third-order valence-electron chi connectivity index (χ3n) is 4.51. The Hall–Kier alpha value is -2.25. The summed E-state index contributed by atoms with van der Waals surface area (Å²) >= 11 is 3.39. The lowest BCUT2D eigenvalue weighted by molar-refractivity contribution is -0.116. The average Bonchev–Trinajstić information content (AvgIpc) is 3.00. The summed E-state index contributed by atoms with van der Waals surface area (Å²) in [5.41, 5.74) is 3.23. The van der Waals surface area contributed by atoms with Gasteiger partial charge in [-0.1, -0.05) is 45.8 Å². The molecule has 0 aliphatic rings. The molecule has 0 unspecified atom stereocenters. The maximum Gasteiger partial charge on any atom is 0.226 e. The molecular weight excluding hydrogens is 454 g/mol. The highest BCUT2D eigenvalue weighted by atomic mass is 79.9. The van der Waals surface area contributed by atoms with Gasteiger partial charge in [-0.25, -0.2) is 13.4 Å². The summed E-state index contributed by atoms with van der Waals surface area (Å²) in [6, 6.07) is 15.3. The van der Waals surface area contributed by atoms with Crippen LogP contribution in [0.5, 0.6) is 0 Å². The number of sulfone groups is 1. The van der Waals surface area contributed by atoms with Gasteiger partial charge >= 0.3 is 0 Å². The predicted octanol–water partition coefficient (Wildman–Crippen LogP) is 4.84. The van der Waals surface area contributed by atoms with E-state index in [1.165, 1.54) is 0 Å². The molecule has 7 heteroatoms. The molecule has 0 aliphatic heterocycles. The first kappa shape index (κ1) is 21.5. The zero-order valence-corrected chi connectivity index (χ0v) is 18.7. The van der Waals surface area contributed by atoms with Gasteiger partial charge in [-0.05, 0) is 50.1 Å². The van der Waals surface area contributed by atoms with Gasteiger partial charge in [0.25, 0.3) is 0 Å². The summed E-state index contributed by atoms with van der Waals surface area (Å²) in [4.78, 5) is 16.6. The lowest BCUT2D eigenvalue weighted by Crippen LogP contribution is -2.18. The number of Topliss-reactive ketones (excluding diaryl/α,β-unsaturated/α-hetero) is 1. The highest BCUT2D eigenvalue weighted by Crippen LogP contribution is 2.23. The van der Waals surface area contributed by atoms with E-state index >= 15 is 0 Å². The molecule has 0 aliphatic carbocycles. The van der Waals surface area contributed by atoms with Crippen LogP contribution >= 0.6 is 15.9 Å². The van der Waals surface area contributed by atoms with Crippen molar-refractivity contribution in [1.29, 1.82) is 0 Å². The van der Waals surface area contributed by atoms with E-state index in [-0.39, 0.29) is 18.0 Å². The predicted molar refractivity (Wildman–Crippen MR) is 116 cm³/mol. The van der Waals surface area contributed by atoms with Crippen LogP contribution in [0.3, 0.4) is 0 Å². The third-order valence-corrected chi connectivity index (χ3v) is 6.48. The van der Waals surface area contributed by atoms with Crippen molar-refractivity contribution in [3.8, 4) is 11.5 Å². The van der Waals surface area contributed by atoms with E-state index in [9.17, 15) is 13.2 Å². The molecule has 0 fully saturated rings. The van der Waals surface area contributed by atoms with E-state index in [1.807, 2.05) is 55.5 Å². The van der Waals surface area contributed by atoms with E-state index in [2.05, 4.69) is 20.9 Å². The Bertz CT molecular complexity index is 1120. The van der Waals surface area contributed by atoms with Gasteiger partial charge in [0.15, 0.2) is 9.84 Å². The quantitative estimate of drug-likeness (QED) is 0.465. The summed E-state index contributed by atoms with van der Waals surface area (Å²) in [6.07, 6.45) is 0.691. The number of halogens is 1. The molecule has 0 atom stereocenters. The minimum atomic E-state index is -3.63. The number of aryl methyl sites for hydroxylation is 3. The van der Waals surface area contributed by atoms with Crippen LogP contribution in [0.4, 0.5) is 0 Å². The number of ketones is 1. The number of oxazole rings is 1. The van der Waals surface area contributed by atoms with Crippen LogP contribution in [0.1, 0.15) is 29.0 Å². The fourth-order valence-electron chi connectivity index (χ4n) is 2.93. The molecule has 152 valence electrons. The van der Waals surface area contributed by atoms with Crippen molar-refractivity contribution in [2.45, 2.75) is 32.4 Å². The molecule has 0 saturated heterocycles. The maximum absolute atomic E-state index is 12.5. The van der Waals surface area contributed by atoms with E-state index in [0.29, 0.717) is 23.8 Å². The number of carbonyl (C=O) groups excluding carboxylic acids is 1. The summed E-state index contributed by atoms with van der Waals surface area (Å²) < 4.78 is 31.6. The number of rotatable bonds is 8. The smallest absolute Gasteiger partial charge is 0.226 e. The van der Waals surface area contributed by atoms with Gasteiger partial charge in [-0.2, -0.15) is 0 Å². The Kier molecular flexibility index (Phi) is 6.70. The summed E-state index contributed by atoms with van der Waals surface area (Å²) in [5.74, 6) is -0.270. The van der Waals surface area contributed by atoms with Crippen molar-refractivity contribution in [2.75, 3.05) is 5.75 Å². The molecule has 0 N–H and O–H groups in total. The molecule has 2 aromatic carbocycles. The first-order valence-corrected chi connectivity index (χ1v) is 11.8. The van der Waals surface area contributed by atoms with Crippen molar-refractivity contribution in [3.63, 3.8) is 0 Å². The van der Waals surface area contributed by atoms with E-state index in [1.54, 1.807) is 6.92 Å². The molecule has 3 aromatic rings. The second kappa shape index (κ2) is 9.05. The number of nitrogens with zero attached hydrogens (tertiary/aromatic N) is 1. The lowest BCUT2D eigenvalue weighted by atomic mass is 10.1. The highest BCUT2D eigenvalue weighted by molar-refractivity contribution is 9.10. The number of aromatic nitrogens is 1. The van der Waals surface area contributed by atoms with E-state index in [4.69, 9.17) is 4.42 Å². The van der Waals surface area contributed by atoms with Crippen LogP contribution in [0.25, 0.3) is 11.5 Å². The molecule has 5 nitrogen and oxygen atoms in total. The molecular formula is C22H22BrNO4S. The van der Waals surface area contributed by atoms with E-state index in [0.717, 1.165) is 21.2 Å². The van der Waals surface area contributed by atoms with Gasteiger partial charge in [-0.3, -0.25) is 4.79 Å². The van der Waals surface area contributed by atoms with Gasteiger partial charge in [0.05, 0.1) is 11.4 Å².